The number of sulfonamides is 1. The van der Waals surface area contributed by atoms with Gasteiger partial charge < -0.3 is 14.7 Å². The van der Waals surface area contributed by atoms with E-state index in [0.29, 0.717) is 31.7 Å². The third-order valence-corrected chi connectivity index (χ3v) is 6.47. The summed E-state index contributed by atoms with van der Waals surface area (Å²) in [5.41, 5.74) is 0.701. The van der Waals surface area contributed by atoms with E-state index in [1.54, 1.807) is 21.9 Å². The predicted molar refractivity (Wildman–Crippen MR) is 102 cm³/mol. The number of anilines is 1. The Bertz CT molecular complexity index is 786. The van der Waals surface area contributed by atoms with Crippen LogP contribution < -0.4 is 9.62 Å². The number of piperazine rings is 1. The Kier molecular flexibility index (Phi) is 6.13. The molecule has 3 rings (SSSR count). The topological polar surface area (TPSA) is 90.0 Å². The Balaban J connectivity index is 1.59. The zero-order chi connectivity index (χ0) is 19.4. The maximum atomic E-state index is 12.5. The first-order valence-corrected chi connectivity index (χ1v) is 10.7. The lowest BCUT2D eigenvalue weighted by Crippen LogP contribution is -2.50. The minimum absolute atomic E-state index is 0.0627. The second kappa shape index (κ2) is 8.37. The highest BCUT2D eigenvalue weighted by molar-refractivity contribution is 7.89. The summed E-state index contributed by atoms with van der Waals surface area (Å²) < 4.78 is 27.3. The van der Waals surface area contributed by atoms with Crippen LogP contribution in [0, 0.1) is 0 Å². The van der Waals surface area contributed by atoms with E-state index in [4.69, 9.17) is 0 Å². The largest absolute Gasteiger partial charge is 0.339 e. The number of nitrogens with one attached hydrogen (secondary N) is 1. The molecule has 27 heavy (non-hydrogen) atoms. The highest BCUT2D eigenvalue weighted by Crippen LogP contribution is 2.22. The molecule has 0 saturated carbocycles. The Morgan fingerprint density at radius 2 is 1.70 bits per heavy atom. The molecule has 0 aromatic heterocycles. The number of hydrogen-bond donors (Lipinski definition) is 1. The van der Waals surface area contributed by atoms with E-state index in [0.717, 1.165) is 25.9 Å². The molecule has 0 spiro atoms. The van der Waals surface area contributed by atoms with Crippen LogP contribution in [0.15, 0.2) is 29.2 Å². The van der Waals surface area contributed by atoms with Crippen LogP contribution >= 0.6 is 0 Å². The van der Waals surface area contributed by atoms with Crippen molar-refractivity contribution in [3.05, 3.63) is 24.3 Å². The van der Waals surface area contributed by atoms with Crippen molar-refractivity contribution in [2.24, 2.45) is 0 Å². The van der Waals surface area contributed by atoms with Crippen LogP contribution in [0.3, 0.4) is 0 Å². The van der Waals surface area contributed by atoms with Crippen LogP contribution in [0.1, 0.15) is 19.3 Å². The second-order valence-corrected chi connectivity index (χ2v) is 8.77. The van der Waals surface area contributed by atoms with Gasteiger partial charge in [0.1, 0.15) is 0 Å². The van der Waals surface area contributed by atoms with E-state index in [1.807, 2.05) is 7.05 Å². The van der Waals surface area contributed by atoms with Gasteiger partial charge in [-0.2, -0.15) is 0 Å². The summed E-state index contributed by atoms with van der Waals surface area (Å²) in [6.45, 7) is 3.19. The Morgan fingerprint density at radius 1 is 1.04 bits per heavy atom. The van der Waals surface area contributed by atoms with E-state index in [2.05, 4.69) is 9.62 Å². The lowest BCUT2D eigenvalue weighted by molar-refractivity contribution is -0.131. The number of carbonyl (C=O) groups excluding carboxylic acids is 2. The molecule has 0 unspecified atom stereocenters. The molecule has 148 valence electrons. The lowest BCUT2D eigenvalue weighted by Gasteiger charge is -2.32. The number of piperidine rings is 1. The van der Waals surface area contributed by atoms with Crippen molar-refractivity contribution in [3.63, 3.8) is 0 Å². The predicted octanol–water partition coefficient (Wildman–Crippen LogP) is 0.256. The fourth-order valence-electron chi connectivity index (χ4n) is 3.29. The maximum absolute atomic E-state index is 12.5. The molecule has 2 heterocycles. The van der Waals surface area contributed by atoms with Crippen molar-refractivity contribution in [2.75, 3.05) is 51.2 Å². The second-order valence-electron chi connectivity index (χ2n) is 7.00. The van der Waals surface area contributed by atoms with Crippen LogP contribution in [0.5, 0.6) is 0 Å². The third kappa shape index (κ3) is 4.85. The van der Waals surface area contributed by atoms with Crippen LogP contribution in [0.25, 0.3) is 0 Å². The summed E-state index contributed by atoms with van der Waals surface area (Å²) in [6.07, 6.45) is 2.37. The molecule has 1 aromatic rings. The normalized spacial score (nSPS) is 19.4. The number of nitrogens with zero attached hydrogens (tertiary/aromatic N) is 3. The van der Waals surface area contributed by atoms with Crippen molar-refractivity contribution in [1.29, 1.82) is 0 Å². The summed E-state index contributed by atoms with van der Waals surface area (Å²) in [5, 5.41) is 0. The van der Waals surface area contributed by atoms with Gasteiger partial charge in [0.25, 0.3) is 0 Å². The first kappa shape index (κ1) is 19.8. The molecule has 1 N–H and O–H groups in total. The van der Waals surface area contributed by atoms with Gasteiger partial charge in [-0.05, 0) is 44.2 Å². The maximum Gasteiger partial charge on any atom is 0.241 e. The molecule has 1 aromatic carbocycles. The molecule has 2 amide bonds. The lowest BCUT2D eigenvalue weighted by atomic mass is 10.1. The monoisotopic (exact) mass is 394 g/mol. The standard InChI is InChI=1S/C18H26N4O4S/c1-20-10-12-21(13-11-20)18(24)14-19-27(25,26)16-7-5-15(6-8-16)22-9-3-2-4-17(22)23/h5-8,19H,2-4,9-14H2,1H3. The van der Waals surface area contributed by atoms with Gasteiger partial charge in [-0.15, -0.1) is 0 Å². The Labute approximate surface area is 160 Å². The zero-order valence-corrected chi connectivity index (χ0v) is 16.4. The number of rotatable bonds is 5. The fraction of sp³-hybridized carbons (Fsp3) is 0.556. The first-order chi connectivity index (χ1) is 12.9. The summed E-state index contributed by atoms with van der Waals surface area (Å²) >= 11 is 0. The van der Waals surface area contributed by atoms with Gasteiger partial charge >= 0.3 is 0 Å². The number of likely N-dealkylation sites (N-methyl/N-ethyl adjacent to an activating group) is 1. The molecule has 0 atom stereocenters. The molecule has 2 saturated heterocycles. The zero-order valence-electron chi connectivity index (χ0n) is 15.6. The van der Waals surface area contributed by atoms with Crippen molar-refractivity contribution >= 4 is 27.5 Å². The molecule has 0 aliphatic carbocycles. The van der Waals surface area contributed by atoms with Crippen LogP contribution in [0.4, 0.5) is 5.69 Å². The van der Waals surface area contributed by atoms with E-state index in [-0.39, 0.29) is 23.3 Å². The van der Waals surface area contributed by atoms with E-state index < -0.39 is 10.0 Å². The first-order valence-electron chi connectivity index (χ1n) is 9.23. The number of amides is 2. The van der Waals surface area contributed by atoms with Gasteiger partial charge in [0.15, 0.2) is 0 Å². The van der Waals surface area contributed by atoms with E-state index in [9.17, 15) is 18.0 Å². The Hall–Kier alpha value is -1.97. The fourth-order valence-corrected chi connectivity index (χ4v) is 4.27. The quantitative estimate of drug-likeness (QED) is 0.774. The summed E-state index contributed by atoms with van der Waals surface area (Å²) in [4.78, 5) is 29.8. The highest BCUT2D eigenvalue weighted by atomic mass is 32.2. The van der Waals surface area contributed by atoms with Gasteiger partial charge in [-0.1, -0.05) is 0 Å². The van der Waals surface area contributed by atoms with E-state index in [1.165, 1.54) is 12.1 Å². The van der Waals surface area contributed by atoms with Crippen molar-refractivity contribution in [3.8, 4) is 0 Å². The molecule has 9 heteroatoms. The molecule has 2 aliphatic heterocycles. The molecule has 8 nitrogen and oxygen atoms in total. The number of carbonyl (C=O) groups is 2. The third-order valence-electron chi connectivity index (χ3n) is 5.05. The molecular formula is C18H26N4O4S. The number of benzene rings is 1. The van der Waals surface area contributed by atoms with Gasteiger partial charge in [0.05, 0.1) is 11.4 Å². The summed E-state index contributed by atoms with van der Waals surface area (Å²) in [7, 11) is -1.79. The van der Waals surface area contributed by atoms with Crippen LogP contribution in [-0.2, 0) is 19.6 Å². The smallest absolute Gasteiger partial charge is 0.241 e. The average Bonchev–Trinajstić information content (AvgIpc) is 2.67. The molecule has 0 radical (unpaired) electrons. The molecule has 0 bridgehead atoms. The minimum atomic E-state index is -3.78. The molecule has 2 aliphatic rings. The molecule has 2 fully saturated rings. The summed E-state index contributed by atoms with van der Waals surface area (Å²) in [5.74, 6) is -0.157. The number of hydrogen-bond acceptors (Lipinski definition) is 5. The highest BCUT2D eigenvalue weighted by Gasteiger charge is 2.23. The van der Waals surface area contributed by atoms with Crippen molar-refractivity contribution in [2.45, 2.75) is 24.2 Å². The van der Waals surface area contributed by atoms with Crippen molar-refractivity contribution in [1.82, 2.24) is 14.5 Å². The van der Waals surface area contributed by atoms with Crippen LogP contribution in [-0.4, -0.2) is 76.3 Å². The average molecular weight is 394 g/mol. The molecular weight excluding hydrogens is 368 g/mol. The summed E-state index contributed by atoms with van der Waals surface area (Å²) in [6, 6.07) is 6.22. The Morgan fingerprint density at radius 3 is 2.33 bits per heavy atom. The van der Waals surface area contributed by atoms with Gasteiger partial charge in [-0.25, -0.2) is 13.1 Å². The SMILES string of the molecule is CN1CCN(C(=O)CNS(=O)(=O)c2ccc(N3CCCCC3=O)cc2)CC1. The minimum Gasteiger partial charge on any atom is -0.339 e. The van der Waals surface area contributed by atoms with Gasteiger partial charge in [-0.3, -0.25) is 9.59 Å². The van der Waals surface area contributed by atoms with Gasteiger partial charge in [0.2, 0.25) is 21.8 Å². The van der Waals surface area contributed by atoms with Crippen molar-refractivity contribution < 1.29 is 18.0 Å². The van der Waals surface area contributed by atoms with Crippen LogP contribution in [0.2, 0.25) is 0 Å². The van der Waals surface area contributed by atoms with E-state index >= 15 is 0 Å². The van der Waals surface area contributed by atoms with Gasteiger partial charge in [0, 0.05) is 44.8 Å².